The maximum atomic E-state index is 12.4. The van der Waals surface area contributed by atoms with E-state index < -0.39 is 0 Å². The average molecular weight is 283 g/mol. The van der Waals surface area contributed by atoms with Gasteiger partial charge in [0.1, 0.15) is 0 Å². The molecule has 2 rings (SSSR count). The second kappa shape index (κ2) is 7.38. The molecule has 5 nitrogen and oxygen atoms in total. The van der Waals surface area contributed by atoms with Crippen molar-refractivity contribution >= 4 is 5.91 Å². The molecule has 2 fully saturated rings. The molecule has 1 unspecified atom stereocenters. The van der Waals surface area contributed by atoms with Gasteiger partial charge in [0, 0.05) is 32.7 Å². The van der Waals surface area contributed by atoms with Crippen LogP contribution in [0.1, 0.15) is 32.6 Å². The Bertz CT molecular complexity index is 316. The normalized spacial score (nSPS) is 32.0. The lowest BCUT2D eigenvalue weighted by atomic mass is 9.87. The number of amides is 1. The van der Waals surface area contributed by atoms with Crippen molar-refractivity contribution in [1.82, 2.24) is 9.80 Å². The van der Waals surface area contributed by atoms with E-state index in [9.17, 15) is 4.79 Å². The van der Waals surface area contributed by atoms with Crippen molar-refractivity contribution in [2.45, 2.75) is 44.8 Å². The lowest BCUT2D eigenvalue weighted by Gasteiger charge is -2.36. The van der Waals surface area contributed by atoms with Gasteiger partial charge in [-0.15, -0.1) is 0 Å². The summed E-state index contributed by atoms with van der Waals surface area (Å²) in [5.74, 6) is 1.06. The fraction of sp³-hybridized carbons (Fsp3) is 0.933. The molecular weight excluding hydrogens is 254 g/mol. The minimum Gasteiger partial charge on any atom is -0.374 e. The van der Waals surface area contributed by atoms with Crippen LogP contribution in [-0.2, 0) is 9.53 Å². The summed E-state index contributed by atoms with van der Waals surface area (Å²) in [5, 5.41) is 0. The first kappa shape index (κ1) is 15.7. The van der Waals surface area contributed by atoms with Crippen LogP contribution in [0.4, 0.5) is 0 Å². The summed E-state index contributed by atoms with van der Waals surface area (Å²) >= 11 is 0. The Morgan fingerprint density at radius 1 is 1.35 bits per heavy atom. The molecule has 1 amide bonds. The summed E-state index contributed by atoms with van der Waals surface area (Å²) in [6, 6.07) is 0.435. The predicted octanol–water partition coefficient (Wildman–Crippen LogP) is 0.683. The van der Waals surface area contributed by atoms with Gasteiger partial charge in [0.05, 0.1) is 19.3 Å². The van der Waals surface area contributed by atoms with E-state index in [-0.39, 0.29) is 12.0 Å². The maximum absolute atomic E-state index is 12.4. The molecule has 1 heterocycles. The molecule has 20 heavy (non-hydrogen) atoms. The minimum absolute atomic E-state index is 0.0809. The lowest BCUT2D eigenvalue weighted by Crippen LogP contribution is -2.50. The zero-order valence-corrected chi connectivity index (χ0v) is 12.9. The monoisotopic (exact) mass is 283 g/mol. The van der Waals surface area contributed by atoms with Gasteiger partial charge in [-0.2, -0.15) is 0 Å². The van der Waals surface area contributed by atoms with Gasteiger partial charge in [0.25, 0.3) is 0 Å². The van der Waals surface area contributed by atoms with Crippen LogP contribution in [0.25, 0.3) is 0 Å². The molecular formula is C15H29N3O2. The Balaban J connectivity index is 1.78. The highest BCUT2D eigenvalue weighted by molar-refractivity contribution is 5.78. The van der Waals surface area contributed by atoms with Crippen LogP contribution in [0.2, 0.25) is 0 Å². The molecule has 0 bridgehead atoms. The summed E-state index contributed by atoms with van der Waals surface area (Å²) in [4.78, 5) is 16.5. The summed E-state index contributed by atoms with van der Waals surface area (Å²) in [5.41, 5.74) is 5.64. The Labute approximate surface area is 122 Å². The van der Waals surface area contributed by atoms with Crippen molar-refractivity contribution in [2.75, 3.05) is 39.8 Å². The molecule has 116 valence electrons. The molecule has 1 saturated carbocycles. The topological polar surface area (TPSA) is 58.8 Å². The van der Waals surface area contributed by atoms with Crippen molar-refractivity contribution in [3.63, 3.8) is 0 Å². The number of nitrogens with two attached hydrogens (primary N) is 1. The molecule has 1 saturated heterocycles. The Kier molecular flexibility index (Phi) is 5.81. The zero-order chi connectivity index (χ0) is 14.5. The van der Waals surface area contributed by atoms with Gasteiger partial charge in [-0.25, -0.2) is 0 Å². The van der Waals surface area contributed by atoms with Crippen LogP contribution in [-0.4, -0.2) is 67.7 Å². The van der Waals surface area contributed by atoms with Crippen LogP contribution < -0.4 is 5.73 Å². The fourth-order valence-electron chi connectivity index (χ4n) is 3.20. The van der Waals surface area contributed by atoms with Gasteiger partial charge in [-0.05, 0) is 31.6 Å². The lowest BCUT2D eigenvalue weighted by molar-refractivity contribution is -0.135. The number of carbonyl (C=O) groups is 1. The second-order valence-corrected chi connectivity index (χ2v) is 6.38. The SMILES string of the molecule is CC1CCC(N(C)C(=O)CN2CCOC(CN)C2)CC1. The van der Waals surface area contributed by atoms with Gasteiger partial charge in [0.2, 0.25) is 5.91 Å². The first-order valence-electron chi connectivity index (χ1n) is 7.89. The minimum atomic E-state index is 0.0809. The highest BCUT2D eigenvalue weighted by atomic mass is 16.5. The predicted molar refractivity (Wildman–Crippen MR) is 79.4 cm³/mol. The van der Waals surface area contributed by atoms with Gasteiger partial charge in [0.15, 0.2) is 0 Å². The molecule has 2 N–H and O–H groups in total. The van der Waals surface area contributed by atoms with Crippen molar-refractivity contribution < 1.29 is 9.53 Å². The third-order valence-electron chi connectivity index (χ3n) is 4.77. The smallest absolute Gasteiger partial charge is 0.236 e. The van der Waals surface area contributed by atoms with E-state index in [0.29, 0.717) is 25.7 Å². The highest BCUT2D eigenvalue weighted by Gasteiger charge is 2.27. The van der Waals surface area contributed by atoms with Crippen LogP contribution >= 0.6 is 0 Å². The van der Waals surface area contributed by atoms with Gasteiger partial charge >= 0.3 is 0 Å². The highest BCUT2D eigenvalue weighted by Crippen LogP contribution is 2.26. The largest absolute Gasteiger partial charge is 0.374 e. The summed E-state index contributed by atoms with van der Waals surface area (Å²) in [7, 11) is 1.96. The molecule has 0 aromatic carbocycles. The van der Waals surface area contributed by atoms with Crippen LogP contribution in [0.3, 0.4) is 0 Å². The standard InChI is InChI=1S/C15H29N3O2/c1-12-3-5-13(6-4-12)17(2)15(19)11-18-7-8-20-14(9-16)10-18/h12-14H,3-11,16H2,1-2H3. The van der Waals surface area contributed by atoms with Crippen molar-refractivity contribution in [1.29, 1.82) is 0 Å². The molecule has 5 heteroatoms. The third kappa shape index (κ3) is 4.17. The van der Waals surface area contributed by atoms with Gasteiger partial charge in [-0.1, -0.05) is 6.92 Å². The van der Waals surface area contributed by atoms with Crippen LogP contribution in [0.15, 0.2) is 0 Å². The van der Waals surface area contributed by atoms with Crippen LogP contribution in [0, 0.1) is 5.92 Å². The first-order chi connectivity index (χ1) is 9.60. The van der Waals surface area contributed by atoms with Crippen molar-refractivity contribution in [2.24, 2.45) is 11.7 Å². The number of likely N-dealkylation sites (N-methyl/N-ethyl adjacent to an activating group) is 1. The van der Waals surface area contributed by atoms with Crippen LogP contribution in [0.5, 0.6) is 0 Å². The second-order valence-electron chi connectivity index (χ2n) is 6.38. The van der Waals surface area contributed by atoms with Gasteiger partial charge in [-0.3, -0.25) is 9.69 Å². The first-order valence-corrected chi connectivity index (χ1v) is 7.89. The van der Waals surface area contributed by atoms with Crippen molar-refractivity contribution in [3.05, 3.63) is 0 Å². The number of morpholine rings is 1. The van der Waals surface area contributed by atoms with E-state index in [1.54, 1.807) is 0 Å². The molecule has 1 aliphatic heterocycles. The number of nitrogens with zero attached hydrogens (tertiary/aromatic N) is 2. The number of ether oxygens (including phenoxy) is 1. The quantitative estimate of drug-likeness (QED) is 0.824. The van der Waals surface area contributed by atoms with E-state index in [2.05, 4.69) is 11.8 Å². The zero-order valence-electron chi connectivity index (χ0n) is 12.9. The number of hydrogen-bond donors (Lipinski definition) is 1. The molecule has 1 atom stereocenters. The Morgan fingerprint density at radius 3 is 2.70 bits per heavy atom. The summed E-state index contributed by atoms with van der Waals surface area (Å²) in [6.45, 7) is 5.62. The van der Waals surface area contributed by atoms with E-state index >= 15 is 0 Å². The number of carbonyl (C=O) groups excluding carboxylic acids is 1. The molecule has 0 spiro atoms. The molecule has 0 aromatic heterocycles. The van der Waals surface area contributed by atoms with E-state index in [0.717, 1.165) is 31.8 Å². The molecule has 2 aliphatic rings. The van der Waals surface area contributed by atoms with E-state index in [4.69, 9.17) is 10.5 Å². The molecule has 0 aromatic rings. The maximum Gasteiger partial charge on any atom is 0.236 e. The summed E-state index contributed by atoms with van der Waals surface area (Å²) < 4.78 is 5.54. The Morgan fingerprint density at radius 2 is 2.05 bits per heavy atom. The number of rotatable bonds is 4. The van der Waals surface area contributed by atoms with Crippen molar-refractivity contribution in [3.8, 4) is 0 Å². The van der Waals surface area contributed by atoms with Gasteiger partial charge < -0.3 is 15.4 Å². The molecule has 1 aliphatic carbocycles. The molecule has 0 radical (unpaired) electrons. The third-order valence-corrected chi connectivity index (χ3v) is 4.77. The Hall–Kier alpha value is -0.650. The number of hydrogen-bond acceptors (Lipinski definition) is 4. The fourth-order valence-corrected chi connectivity index (χ4v) is 3.20. The average Bonchev–Trinajstić information content (AvgIpc) is 2.47. The summed E-state index contributed by atoms with van der Waals surface area (Å²) in [6.07, 6.45) is 4.87. The van der Waals surface area contributed by atoms with E-state index in [1.807, 2.05) is 11.9 Å². The van der Waals surface area contributed by atoms with E-state index in [1.165, 1.54) is 12.8 Å².